The maximum absolute atomic E-state index is 12.2. The molecule has 4 unspecified atom stereocenters. The van der Waals surface area contributed by atoms with E-state index in [1.165, 1.54) is 13.3 Å². The average Bonchev–Trinajstić information content (AvgIpc) is 2.35. The van der Waals surface area contributed by atoms with Crippen molar-refractivity contribution in [2.45, 2.75) is 64.7 Å². The van der Waals surface area contributed by atoms with Crippen LogP contribution in [0.1, 0.15) is 53.4 Å². The molecule has 116 valence electrons. The number of Topliss-reactive ketones (excluding diaryl/α,β-unsaturated/α-hetero) is 1. The van der Waals surface area contributed by atoms with Gasteiger partial charge in [0.25, 0.3) is 0 Å². The Hall–Kier alpha value is -0.710. The molecular formula is C15H27NO3S. The number of amides is 1. The molecule has 1 aliphatic carbocycles. The number of nitrogens with one attached hydrogen (secondary N) is 1. The van der Waals surface area contributed by atoms with E-state index < -0.39 is 16.8 Å². The van der Waals surface area contributed by atoms with Gasteiger partial charge in [-0.2, -0.15) is 0 Å². The molecule has 1 fully saturated rings. The predicted molar refractivity (Wildman–Crippen MR) is 81.9 cm³/mol. The summed E-state index contributed by atoms with van der Waals surface area (Å²) in [5, 5.41) is 2.85. The van der Waals surface area contributed by atoms with Crippen molar-refractivity contribution in [2.75, 3.05) is 5.75 Å². The second kappa shape index (κ2) is 7.91. The quantitative estimate of drug-likeness (QED) is 0.816. The summed E-state index contributed by atoms with van der Waals surface area (Å²) in [6, 6.07) is -0.468. The molecular weight excluding hydrogens is 274 g/mol. The van der Waals surface area contributed by atoms with Gasteiger partial charge < -0.3 is 5.32 Å². The van der Waals surface area contributed by atoms with Crippen molar-refractivity contribution in [3.05, 3.63) is 0 Å². The summed E-state index contributed by atoms with van der Waals surface area (Å²) in [6.45, 7) is 7.44. The maximum atomic E-state index is 12.2. The van der Waals surface area contributed by atoms with E-state index in [1.54, 1.807) is 0 Å². The fourth-order valence-electron chi connectivity index (χ4n) is 2.82. The Kier molecular flexibility index (Phi) is 6.86. The summed E-state index contributed by atoms with van der Waals surface area (Å²) in [5.74, 6) is 0.357. The fourth-order valence-corrected chi connectivity index (χ4v) is 4.37. The zero-order valence-corrected chi connectivity index (χ0v) is 13.8. The second-order valence-corrected chi connectivity index (χ2v) is 8.04. The Morgan fingerprint density at radius 2 is 1.95 bits per heavy atom. The van der Waals surface area contributed by atoms with Crippen LogP contribution in [0, 0.1) is 11.8 Å². The van der Waals surface area contributed by atoms with Gasteiger partial charge in [-0.15, -0.1) is 0 Å². The molecule has 0 aromatic carbocycles. The Morgan fingerprint density at radius 3 is 2.45 bits per heavy atom. The molecule has 4 atom stereocenters. The second-order valence-electron chi connectivity index (χ2n) is 6.32. The smallest absolute Gasteiger partial charge is 0.233 e. The van der Waals surface area contributed by atoms with Crippen LogP contribution in [-0.4, -0.2) is 32.9 Å². The third-order valence-electron chi connectivity index (χ3n) is 3.95. The van der Waals surface area contributed by atoms with Crippen LogP contribution in [0.3, 0.4) is 0 Å². The van der Waals surface area contributed by atoms with Crippen LogP contribution in [0.25, 0.3) is 0 Å². The highest BCUT2D eigenvalue weighted by Gasteiger charge is 2.27. The Bertz CT molecular complexity index is 381. The van der Waals surface area contributed by atoms with Gasteiger partial charge in [0.1, 0.15) is 5.75 Å². The average molecular weight is 301 g/mol. The van der Waals surface area contributed by atoms with Crippen molar-refractivity contribution in [3.8, 4) is 0 Å². The van der Waals surface area contributed by atoms with E-state index in [4.69, 9.17) is 0 Å². The molecule has 1 rings (SSSR count). The number of rotatable bonds is 6. The van der Waals surface area contributed by atoms with Gasteiger partial charge in [-0.05, 0) is 31.6 Å². The number of carbonyl (C=O) groups excluding carboxylic acids is 2. The lowest BCUT2D eigenvalue weighted by molar-refractivity contribution is -0.126. The standard InChI is InChI=1S/C15H27NO3S/c1-10(2)15(12(4)17)16-14(18)9-20(19)13-7-5-6-11(3)8-13/h10-11,13,15H,5-9H2,1-4H3,(H,16,18). The minimum atomic E-state index is -1.12. The highest BCUT2D eigenvalue weighted by Crippen LogP contribution is 2.27. The van der Waals surface area contributed by atoms with Crippen LogP contribution in [0.15, 0.2) is 0 Å². The lowest BCUT2D eigenvalue weighted by Crippen LogP contribution is -2.45. The zero-order chi connectivity index (χ0) is 15.3. The lowest BCUT2D eigenvalue weighted by atomic mass is 9.91. The van der Waals surface area contributed by atoms with Crippen LogP contribution >= 0.6 is 0 Å². The first kappa shape index (κ1) is 17.3. The van der Waals surface area contributed by atoms with Crippen LogP contribution in [0.4, 0.5) is 0 Å². The number of carbonyl (C=O) groups is 2. The minimum Gasteiger partial charge on any atom is -0.345 e. The van der Waals surface area contributed by atoms with Gasteiger partial charge in [0.05, 0.1) is 6.04 Å². The third kappa shape index (κ3) is 5.35. The first-order valence-electron chi connectivity index (χ1n) is 7.48. The van der Waals surface area contributed by atoms with Crippen LogP contribution in [-0.2, 0) is 20.4 Å². The first-order chi connectivity index (χ1) is 9.31. The van der Waals surface area contributed by atoms with Crippen molar-refractivity contribution in [2.24, 2.45) is 11.8 Å². The number of hydrogen-bond acceptors (Lipinski definition) is 3. The zero-order valence-electron chi connectivity index (χ0n) is 13.0. The summed E-state index contributed by atoms with van der Waals surface area (Å²) in [7, 11) is -1.12. The van der Waals surface area contributed by atoms with Gasteiger partial charge in [0, 0.05) is 16.0 Å². The molecule has 20 heavy (non-hydrogen) atoms. The van der Waals surface area contributed by atoms with Gasteiger partial charge in [-0.1, -0.05) is 33.6 Å². The van der Waals surface area contributed by atoms with E-state index in [2.05, 4.69) is 12.2 Å². The third-order valence-corrected chi connectivity index (χ3v) is 5.67. The summed E-state index contributed by atoms with van der Waals surface area (Å²) in [5.41, 5.74) is 0. The van der Waals surface area contributed by atoms with Crippen molar-refractivity contribution >= 4 is 22.5 Å². The van der Waals surface area contributed by atoms with Crippen LogP contribution < -0.4 is 5.32 Å². The normalized spacial score (nSPS) is 26.1. The maximum Gasteiger partial charge on any atom is 0.233 e. The van der Waals surface area contributed by atoms with Crippen molar-refractivity contribution in [1.82, 2.24) is 5.32 Å². The highest BCUT2D eigenvalue weighted by molar-refractivity contribution is 7.86. The van der Waals surface area contributed by atoms with Crippen LogP contribution in [0.2, 0.25) is 0 Å². The Labute approximate surface area is 124 Å². The van der Waals surface area contributed by atoms with Gasteiger partial charge >= 0.3 is 0 Å². The predicted octanol–water partition coefficient (Wildman–Crippen LogP) is 2.04. The van der Waals surface area contributed by atoms with Crippen molar-refractivity contribution < 1.29 is 13.8 Å². The molecule has 5 heteroatoms. The fraction of sp³-hybridized carbons (Fsp3) is 0.867. The van der Waals surface area contributed by atoms with E-state index in [1.807, 2.05) is 13.8 Å². The van der Waals surface area contributed by atoms with E-state index in [0.717, 1.165) is 19.3 Å². The molecule has 0 spiro atoms. The van der Waals surface area contributed by atoms with E-state index in [-0.39, 0.29) is 28.6 Å². The lowest BCUT2D eigenvalue weighted by Gasteiger charge is -2.26. The molecule has 0 aromatic heterocycles. The molecule has 0 bridgehead atoms. The minimum absolute atomic E-state index is 0.0217. The van der Waals surface area contributed by atoms with Gasteiger partial charge in [-0.25, -0.2) is 0 Å². The molecule has 4 nitrogen and oxygen atoms in total. The number of hydrogen-bond donors (Lipinski definition) is 1. The highest BCUT2D eigenvalue weighted by atomic mass is 32.2. The monoisotopic (exact) mass is 301 g/mol. The molecule has 0 saturated heterocycles. The molecule has 1 aliphatic rings. The molecule has 0 aromatic rings. The van der Waals surface area contributed by atoms with Crippen molar-refractivity contribution in [3.63, 3.8) is 0 Å². The summed E-state index contributed by atoms with van der Waals surface area (Å²) >= 11 is 0. The summed E-state index contributed by atoms with van der Waals surface area (Å²) < 4.78 is 12.2. The topological polar surface area (TPSA) is 63.2 Å². The van der Waals surface area contributed by atoms with E-state index in [9.17, 15) is 13.8 Å². The Balaban J connectivity index is 2.48. The molecule has 1 N–H and O–H groups in total. The van der Waals surface area contributed by atoms with Crippen LogP contribution in [0.5, 0.6) is 0 Å². The molecule has 0 aliphatic heterocycles. The van der Waals surface area contributed by atoms with E-state index >= 15 is 0 Å². The molecule has 0 radical (unpaired) electrons. The molecule has 1 amide bonds. The van der Waals surface area contributed by atoms with Gasteiger partial charge in [0.15, 0.2) is 5.78 Å². The summed E-state index contributed by atoms with van der Waals surface area (Å²) in [6.07, 6.45) is 4.19. The molecule has 0 heterocycles. The van der Waals surface area contributed by atoms with Gasteiger partial charge in [-0.3, -0.25) is 13.8 Å². The van der Waals surface area contributed by atoms with Gasteiger partial charge in [0.2, 0.25) is 5.91 Å². The van der Waals surface area contributed by atoms with E-state index in [0.29, 0.717) is 5.92 Å². The number of ketones is 1. The first-order valence-corrected chi connectivity index (χ1v) is 8.86. The molecule has 1 saturated carbocycles. The largest absolute Gasteiger partial charge is 0.345 e. The summed E-state index contributed by atoms with van der Waals surface area (Å²) in [4.78, 5) is 23.4. The SMILES string of the molecule is CC(=O)C(NC(=O)CS(=O)C1CCCC(C)C1)C(C)C. The van der Waals surface area contributed by atoms with Crippen molar-refractivity contribution in [1.29, 1.82) is 0 Å². The Morgan fingerprint density at radius 1 is 1.30 bits per heavy atom.